The molecule has 0 radical (unpaired) electrons. The number of ether oxygens (including phenoxy) is 1. The second kappa shape index (κ2) is 8.53. The lowest BCUT2D eigenvalue weighted by Crippen LogP contribution is -2.19. The Balaban J connectivity index is 2.09. The van der Waals surface area contributed by atoms with Crippen LogP contribution in [0.5, 0.6) is 0 Å². The molecule has 0 amide bonds. The Labute approximate surface area is 138 Å². The molecule has 0 bridgehead atoms. The zero-order valence-corrected chi connectivity index (χ0v) is 14.1. The maximum atomic E-state index is 12.8. The highest BCUT2D eigenvalue weighted by Crippen LogP contribution is 2.21. The largest absolute Gasteiger partial charge is 0.505 e. The maximum absolute atomic E-state index is 12.8. The highest BCUT2D eigenvalue weighted by molar-refractivity contribution is 7.92. The van der Waals surface area contributed by atoms with Crippen LogP contribution >= 0.6 is 0 Å². The molecule has 4 heteroatoms. The molecule has 122 valence electrons. The van der Waals surface area contributed by atoms with Crippen molar-refractivity contribution < 1.29 is 13.2 Å². The number of hydrogen-bond acceptors (Lipinski definition) is 3. The predicted octanol–water partition coefficient (Wildman–Crippen LogP) is 4.01. The zero-order valence-electron chi connectivity index (χ0n) is 13.3. The molecule has 2 aromatic carbocycles. The molecular weight excluding hydrogens is 308 g/mol. The Morgan fingerprint density at radius 2 is 1.61 bits per heavy atom. The van der Waals surface area contributed by atoms with Crippen LogP contribution in [-0.4, -0.2) is 20.8 Å². The monoisotopic (exact) mass is 330 g/mol. The lowest BCUT2D eigenvalue weighted by Gasteiger charge is -2.14. The van der Waals surface area contributed by atoms with Gasteiger partial charge in [-0.2, -0.15) is 0 Å². The van der Waals surface area contributed by atoms with Crippen LogP contribution in [0.25, 0.3) is 0 Å². The van der Waals surface area contributed by atoms with Gasteiger partial charge in [0.15, 0.2) is 9.84 Å². The van der Waals surface area contributed by atoms with Crippen molar-refractivity contribution in [2.45, 2.75) is 29.4 Å². The van der Waals surface area contributed by atoms with Crippen LogP contribution in [0.1, 0.15) is 18.4 Å². The standard InChI is InChI=1S/C19H22O3S/c1-22-16-15-19(14-8-11-17-9-4-2-5-10-17)23(20,21)18-12-6-3-7-13-18/h2-7,9-10,12-13,15-16,19H,8,11,14H2,1H3/b16-15-. The zero-order chi connectivity index (χ0) is 16.5. The number of rotatable bonds is 8. The first-order valence-electron chi connectivity index (χ1n) is 7.67. The van der Waals surface area contributed by atoms with E-state index in [4.69, 9.17) is 4.74 Å². The molecule has 0 aromatic heterocycles. The summed E-state index contributed by atoms with van der Waals surface area (Å²) in [6.07, 6.45) is 5.31. The van der Waals surface area contributed by atoms with Crippen LogP contribution in [-0.2, 0) is 21.0 Å². The van der Waals surface area contributed by atoms with Crippen LogP contribution < -0.4 is 0 Å². The molecule has 2 aromatic rings. The minimum absolute atomic E-state index is 0.352. The van der Waals surface area contributed by atoms with E-state index >= 15 is 0 Å². The Morgan fingerprint density at radius 3 is 2.22 bits per heavy atom. The smallest absolute Gasteiger partial charge is 0.184 e. The van der Waals surface area contributed by atoms with E-state index in [1.165, 1.54) is 18.9 Å². The first-order chi connectivity index (χ1) is 11.1. The SMILES string of the molecule is CO/C=C\C(CCCc1ccccc1)S(=O)(=O)c1ccccc1. The van der Waals surface area contributed by atoms with Gasteiger partial charge in [0.05, 0.1) is 23.5 Å². The van der Waals surface area contributed by atoms with E-state index in [9.17, 15) is 8.42 Å². The van der Waals surface area contributed by atoms with E-state index in [2.05, 4.69) is 12.1 Å². The van der Waals surface area contributed by atoms with E-state index in [-0.39, 0.29) is 0 Å². The molecule has 2 rings (SSSR count). The van der Waals surface area contributed by atoms with Crippen molar-refractivity contribution in [1.82, 2.24) is 0 Å². The van der Waals surface area contributed by atoms with Crippen molar-refractivity contribution in [3.8, 4) is 0 Å². The number of sulfone groups is 1. The molecule has 0 aliphatic heterocycles. The van der Waals surface area contributed by atoms with E-state index in [1.807, 2.05) is 24.3 Å². The summed E-state index contributed by atoms with van der Waals surface area (Å²) in [5.41, 5.74) is 1.22. The fourth-order valence-corrected chi connectivity index (χ4v) is 4.09. The molecule has 0 saturated heterocycles. The molecule has 23 heavy (non-hydrogen) atoms. The van der Waals surface area contributed by atoms with Gasteiger partial charge in [0, 0.05) is 0 Å². The van der Waals surface area contributed by atoms with Crippen LogP contribution in [0, 0.1) is 0 Å². The van der Waals surface area contributed by atoms with Crippen molar-refractivity contribution in [3.63, 3.8) is 0 Å². The van der Waals surface area contributed by atoms with Crippen molar-refractivity contribution in [3.05, 3.63) is 78.6 Å². The van der Waals surface area contributed by atoms with E-state index in [0.29, 0.717) is 11.3 Å². The Bertz CT molecular complexity index is 707. The highest BCUT2D eigenvalue weighted by Gasteiger charge is 2.24. The summed E-state index contributed by atoms with van der Waals surface area (Å²) in [5.74, 6) is 0. The van der Waals surface area contributed by atoms with Gasteiger partial charge >= 0.3 is 0 Å². The average molecular weight is 330 g/mol. The molecule has 0 spiro atoms. The molecular formula is C19H22O3S. The normalized spacial score (nSPS) is 13.1. The number of benzene rings is 2. The Kier molecular flexibility index (Phi) is 6.41. The Hall–Kier alpha value is -2.07. The molecule has 3 nitrogen and oxygen atoms in total. The lowest BCUT2D eigenvalue weighted by molar-refractivity contribution is 0.336. The number of hydrogen-bond donors (Lipinski definition) is 0. The van der Waals surface area contributed by atoms with Gasteiger partial charge in [-0.05, 0) is 43.0 Å². The summed E-state index contributed by atoms with van der Waals surface area (Å²) in [6, 6.07) is 18.7. The number of methoxy groups -OCH3 is 1. The molecule has 0 saturated carbocycles. The third kappa shape index (κ3) is 4.96. The van der Waals surface area contributed by atoms with Crippen molar-refractivity contribution in [2.75, 3.05) is 7.11 Å². The van der Waals surface area contributed by atoms with Gasteiger partial charge in [-0.15, -0.1) is 0 Å². The van der Waals surface area contributed by atoms with Gasteiger partial charge in [-0.1, -0.05) is 48.5 Å². The van der Waals surface area contributed by atoms with Crippen molar-refractivity contribution >= 4 is 9.84 Å². The third-order valence-electron chi connectivity index (χ3n) is 3.70. The van der Waals surface area contributed by atoms with Crippen molar-refractivity contribution in [2.24, 2.45) is 0 Å². The first kappa shape index (κ1) is 17.3. The van der Waals surface area contributed by atoms with Crippen LogP contribution in [0.4, 0.5) is 0 Å². The van der Waals surface area contributed by atoms with Gasteiger partial charge in [0.2, 0.25) is 0 Å². The second-order valence-electron chi connectivity index (χ2n) is 5.34. The summed E-state index contributed by atoms with van der Waals surface area (Å²) < 4.78 is 30.5. The average Bonchev–Trinajstić information content (AvgIpc) is 2.59. The van der Waals surface area contributed by atoms with Gasteiger partial charge in [-0.25, -0.2) is 8.42 Å². The Morgan fingerprint density at radius 1 is 1.00 bits per heavy atom. The third-order valence-corrected chi connectivity index (χ3v) is 5.82. The first-order valence-corrected chi connectivity index (χ1v) is 9.21. The van der Waals surface area contributed by atoms with Crippen molar-refractivity contribution in [1.29, 1.82) is 0 Å². The van der Waals surface area contributed by atoms with Gasteiger partial charge in [-0.3, -0.25) is 0 Å². The molecule has 0 aliphatic carbocycles. The van der Waals surface area contributed by atoms with Gasteiger partial charge in [0.1, 0.15) is 0 Å². The number of aryl methyl sites for hydroxylation is 1. The maximum Gasteiger partial charge on any atom is 0.184 e. The topological polar surface area (TPSA) is 43.4 Å². The summed E-state index contributed by atoms with van der Waals surface area (Å²) in [7, 11) is -1.87. The summed E-state index contributed by atoms with van der Waals surface area (Å²) in [5, 5.41) is -0.575. The minimum atomic E-state index is -3.39. The van der Waals surface area contributed by atoms with E-state index in [1.54, 1.807) is 30.3 Å². The molecule has 1 unspecified atom stereocenters. The minimum Gasteiger partial charge on any atom is -0.505 e. The quantitative estimate of drug-likeness (QED) is 0.687. The lowest BCUT2D eigenvalue weighted by atomic mass is 10.1. The fraction of sp³-hybridized carbons (Fsp3) is 0.263. The molecule has 0 N–H and O–H groups in total. The van der Waals surface area contributed by atoms with Crippen LogP contribution in [0.2, 0.25) is 0 Å². The molecule has 0 aliphatic rings. The van der Waals surface area contributed by atoms with E-state index in [0.717, 1.165) is 12.8 Å². The molecule has 0 fully saturated rings. The fourth-order valence-electron chi connectivity index (χ4n) is 2.46. The summed E-state index contributed by atoms with van der Waals surface area (Å²) >= 11 is 0. The van der Waals surface area contributed by atoms with Crippen LogP contribution in [0.3, 0.4) is 0 Å². The predicted molar refractivity (Wildman–Crippen MR) is 92.9 cm³/mol. The van der Waals surface area contributed by atoms with Crippen LogP contribution in [0.15, 0.2) is 77.9 Å². The molecule has 1 atom stereocenters. The molecule has 0 heterocycles. The second-order valence-corrected chi connectivity index (χ2v) is 7.51. The summed E-state index contributed by atoms with van der Waals surface area (Å²) in [6.45, 7) is 0. The van der Waals surface area contributed by atoms with E-state index < -0.39 is 15.1 Å². The van der Waals surface area contributed by atoms with Gasteiger partial charge < -0.3 is 4.74 Å². The van der Waals surface area contributed by atoms with Gasteiger partial charge in [0.25, 0.3) is 0 Å². The highest BCUT2D eigenvalue weighted by atomic mass is 32.2. The summed E-state index contributed by atoms with van der Waals surface area (Å²) in [4.78, 5) is 0.352.